The summed E-state index contributed by atoms with van der Waals surface area (Å²) in [7, 11) is 0. The average Bonchev–Trinajstić information content (AvgIpc) is 1.96. The van der Waals surface area contributed by atoms with Crippen molar-refractivity contribution in [3.8, 4) is 5.75 Å². The van der Waals surface area contributed by atoms with Crippen LogP contribution in [0.3, 0.4) is 0 Å². The average molecular weight is 239 g/mol. The number of nitrogens with two attached hydrogens (primary N) is 1. The van der Waals surface area contributed by atoms with Crippen molar-refractivity contribution in [1.29, 1.82) is 0 Å². The molecular weight excluding hydrogens is 234 g/mol. The predicted molar refractivity (Wildman–Crippen MR) is 43.0 cm³/mol. The molecule has 0 spiro atoms. The van der Waals surface area contributed by atoms with E-state index < -0.39 is 12.2 Å². The third-order valence-electron chi connectivity index (χ3n) is 1.25. The second kappa shape index (κ2) is 3.22. The second-order valence-corrected chi connectivity index (χ2v) is 2.82. The van der Waals surface area contributed by atoms with E-state index in [1.54, 1.807) is 0 Å². The van der Waals surface area contributed by atoms with Crippen molar-refractivity contribution in [2.75, 3.05) is 5.73 Å². The number of halogens is 3. The lowest BCUT2D eigenvalue weighted by Crippen LogP contribution is -1.95. The predicted octanol–water partition coefficient (Wildman–Crippen LogP) is 2.07. The summed E-state index contributed by atoms with van der Waals surface area (Å²) in [5.41, 5.74) is 4.78. The Morgan fingerprint density at radius 3 is 2.67 bits per heavy atom. The molecule has 0 fully saturated rings. The highest BCUT2D eigenvalue weighted by Gasteiger charge is 2.15. The van der Waals surface area contributed by atoms with Crippen LogP contribution in [0.5, 0.6) is 5.75 Å². The van der Waals surface area contributed by atoms with Crippen LogP contribution >= 0.6 is 15.9 Å². The van der Waals surface area contributed by atoms with Gasteiger partial charge in [0.2, 0.25) is 0 Å². The second-order valence-electron chi connectivity index (χ2n) is 2.07. The van der Waals surface area contributed by atoms with E-state index in [1.807, 2.05) is 0 Å². The summed E-state index contributed by atoms with van der Waals surface area (Å²) in [4.78, 5) is 3.46. The Labute approximate surface area is 75.3 Å². The van der Waals surface area contributed by atoms with Gasteiger partial charge in [0, 0.05) is 0 Å². The van der Waals surface area contributed by atoms with Gasteiger partial charge in [-0.3, -0.25) is 0 Å². The van der Waals surface area contributed by atoms with E-state index in [0.29, 0.717) is 0 Å². The minimum atomic E-state index is -2.68. The van der Waals surface area contributed by atoms with Gasteiger partial charge in [0.1, 0.15) is 4.60 Å². The lowest BCUT2D eigenvalue weighted by Gasteiger charge is -2.04. The number of nitrogens with zero attached hydrogens (tertiary/aromatic N) is 1. The SMILES string of the molecule is Nc1nc(Br)c(C(F)F)cc1O. The van der Waals surface area contributed by atoms with Crippen molar-refractivity contribution >= 4 is 21.7 Å². The van der Waals surface area contributed by atoms with E-state index in [0.717, 1.165) is 6.07 Å². The number of alkyl halides is 2. The lowest BCUT2D eigenvalue weighted by molar-refractivity contribution is 0.149. The van der Waals surface area contributed by atoms with Gasteiger partial charge in [0.15, 0.2) is 11.6 Å². The van der Waals surface area contributed by atoms with E-state index in [2.05, 4.69) is 20.9 Å². The standard InChI is InChI=1S/C6H5BrF2N2O/c7-4-2(5(8)9)1-3(12)6(10)11-4/h1,5,12H,(H2,10,11). The van der Waals surface area contributed by atoms with E-state index in [9.17, 15) is 8.78 Å². The maximum Gasteiger partial charge on any atom is 0.266 e. The molecule has 1 aromatic rings. The number of rotatable bonds is 1. The Bertz CT molecular complexity index is 306. The van der Waals surface area contributed by atoms with Crippen LogP contribution in [-0.2, 0) is 0 Å². The molecule has 3 N–H and O–H groups in total. The smallest absolute Gasteiger partial charge is 0.266 e. The van der Waals surface area contributed by atoms with Gasteiger partial charge in [-0.05, 0) is 22.0 Å². The van der Waals surface area contributed by atoms with Gasteiger partial charge < -0.3 is 10.8 Å². The van der Waals surface area contributed by atoms with Gasteiger partial charge in [-0.15, -0.1) is 0 Å². The third kappa shape index (κ3) is 1.63. The van der Waals surface area contributed by atoms with Gasteiger partial charge in [-0.1, -0.05) is 0 Å². The summed E-state index contributed by atoms with van der Waals surface area (Å²) in [5.74, 6) is -0.611. The summed E-state index contributed by atoms with van der Waals surface area (Å²) in [6, 6.07) is 0.886. The first-order valence-electron chi connectivity index (χ1n) is 2.95. The number of aromatic nitrogens is 1. The van der Waals surface area contributed by atoms with Crippen molar-refractivity contribution in [2.24, 2.45) is 0 Å². The highest BCUT2D eigenvalue weighted by Crippen LogP contribution is 2.31. The van der Waals surface area contributed by atoms with Crippen LogP contribution in [0.25, 0.3) is 0 Å². The van der Waals surface area contributed by atoms with Crippen molar-refractivity contribution in [2.45, 2.75) is 6.43 Å². The Kier molecular flexibility index (Phi) is 2.46. The topological polar surface area (TPSA) is 59.1 Å². The van der Waals surface area contributed by atoms with Crippen LogP contribution in [-0.4, -0.2) is 10.1 Å². The molecule has 66 valence electrons. The van der Waals surface area contributed by atoms with Crippen molar-refractivity contribution in [3.05, 3.63) is 16.2 Å². The van der Waals surface area contributed by atoms with Crippen molar-refractivity contribution < 1.29 is 13.9 Å². The fourth-order valence-corrected chi connectivity index (χ4v) is 1.14. The van der Waals surface area contributed by atoms with Crippen molar-refractivity contribution in [3.63, 3.8) is 0 Å². The normalized spacial score (nSPS) is 10.7. The summed E-state index contributed by atoms with van der Waals surface area (Å²) in [5, 5.41) is 8.93. The van der Waals surface area contributed by atoms with E-state index in [4.69, 9.17) is 10.8 Å². The van der Waals surface area contributed by atoms with Crippen LogP contribution in [0.15, 0.2) is 10.7 Å². The Balaban J connectivity index is 3.23. The molecule has 12 heavy (non-hydrogen) atoms. The number of anilines is 1. The molecule has 0 saturated carbocycles. The fourth-order valence-electron chi connectivity index (χ4n) is 0.661. The first kappa shape index (κ1) is 9.18. The summed E-state index contributed by atoms with van der Waals surface area (Å²) < 4.78 is 24.2. The maximum atomic E-state index is 12.1. The van der Waals surface area contributed by atoms with Crippen LogP contribution in [0.2, 0.25) is 0 Å². The molecule has 1 heterocycles. The lowest BCUT2D eigenvalue weighted by atomic mass is 10.3. The molecule has 1 aromatic heterocycles. The van der Waals surface area contributed by atoms with Crippen molar-refractivity contribution in [1.82, 2.24) is 4.98 Å². The first-order valence-corrected chi connectivity index (χ1v) is 3.74. The molecule has 0 amide bonds. The van der Waals surface area contributed by atoms with Crippen LogP contribution < -0.4 is 5.73 Å². The first-order chi connectivity index (χ1) is 5.52. The molecule has 0 aliphatic rings. The van der Waals surface area contributed by atoms with Gasteiger partial charge in [0.05, 0.1) is 5.56 Å². The molecule has 0 radical (unpaired) electrons. The molecule has 0 atom stereocenters. The quantitative estimate of drug-likeness (QED) is 0.737. The number of aromatic hydroxyl groups is 1. The summed E-state index contributed by atoms with van der Waals surface area (Å²) in [6.07, 6.45) is -2.68. The van der Waals surface area contributed by atoms with E-state index in [1.165, 1.54) is 0 Å². The van der Waals surface area contributed by atoms with Crippen LogP contribution in [0.4, 0.5) is 14.6 Å². The highest BCUT2D eigenvalue weighted by atomic mass is 79.9. The van der Waals surface area contributed by atoms with Gasteiger partial charge in [-0.2, -0.15) is 0 Å². The molecule has 0 aliphatic carbocycles. The molecule has 0 saturated heterocycles. The zero-order valence-electron chi connectivity index (χ0n) is 5.76. The molecule has 0 aromatic carbocycles. The fraction of sp³-hybridized carbons (Fsp3) is 0.167. The minimum absolute atomic E-state index is 0.0483. The molecule has 1 rings (SSSR count). The zero-order chi connectivity index (χ0) is 9.30. The van der Waals surface area contributed by atoms with E-state index >= 15 is 0 Å². The molecule has 0 unspecified atom stereocenters. The van der Waals surface area contributed by atoms with Crippen LogP contribution in [0.1, 0.15) is 12.0 Å². The largest absolute Gasteiger partial charge is 0.504 e. The van der Waals surface area contributed by atoms with Gasteiger partial charge in [0.25, 0.3) is 6.43 Å². The highest BCUT2D eigenvalue weighted by molar-refractivity contribution is 9.10. The summed E-state index contributed by atoms with van der Waals surface area (Å²) >= 11 is 2.80. The Hall–Kier alpha value is -0.910. The van der Waals surface area contributed by atoms with Gasteiger partial charge in [-0.25, -0.2) is 13.8 Å². The Morgan fingerprint density at radius 2 is 2.17 bits per heavy atom. The maximum absolute atomic E-state index is 12.1. The monoisotopic (exact) mass is 238 g/mol. The van der Waals surface area contributed by atoms with E-state index in [-0.39, 0.29) is 16.0 Å². The van der Waals surface area contributed by atoms with Gasteiger partial charge >= 0.3 is 0 Å². The number of nitrogen functional groups attached to an aromatic ring is 1. The third-order valence-corrected chi connectivity index (χ3v) is 1.88. The minimum Gasteiger partial charge on any atom is -0.504 e. The molecule has 0 aliphatic heterocycles. The summed E-state index contributed by atoms with van der Waals surface area (Å²) in [6.45, 7) is 0. The molecule has 0 bridgehead atoms. The van der Waals surface area contributed by atoms with Crippen LogP contribution in [0, 0.1) is 0 Å². The Morgan fingerprint density at radius 1 is 1.58 bits per heavy atom. The molecule has 3 nitrogen and oxygen atoms in total. The number of hydrogen-bond acceptors (Lipinski definition) is 3. The number of hydrogen-bond donors (Lipinski definition) is 2. The number of pyridine rings is 1. The zero-order valence-corrected chi connectivity index (χ0v) is 7.35. The molecular formula is C6H5BrF2N2O. The molecule has 6 heteroatoms.